The number of nitrogens with zero attached hydrogens (tertiary/aromatic N) is 3. The molecule has 0 amide bonds. The average molecular weight is 401 g/mol. The Balaban J connectivity index is 1.90. The third kappa shape index (κ3) is 6.43. The molecule has 0 aliphatic heterocycles. The van der Waals surface area contributed by atoms with Crippen LogP contribution in [-0.4, -0.2) is 47.5 Å². The summed E-state index contributed by atoms with van der Waals surface area (Å²) in [6.45, 7) is 0.620. The Morgan fingerprint density at radius 2 is 1.65 bits per heavy atom. The zero-order valence-corrected chi connectivity index (χ0v) is 15.1. The summed E-state index contributed by atoms with van der Waals surface area (Å²) in [6, 6.07) is 6.21. The molecule has 12 heteroatoms. The van der Waals surface area contributed by atoms with Crippen molar-refractivity contribution in [1.29, 1.82) is 0 Å². The molecule has 140 valence electrons. The van der Waals surface area contributed by atoms with Crippen LogP contribution in [0.1, 0.15) is 12.0 Å². The standard InChI is InChI=1S/C14H17ClN6O4S/c15-12-19-13(21-14(20-12)18-8-6-11(22)23)17-7-5-9-1-3-10(4-2-9)26(16,24)25/h1-4H,5-8H2,(H,22,23)(H2,16,24,25)(H2,17,18,19,20,21). The van der Waals surface area contributed by atoms with Crippen LogP contribution >= 0.6 is 11.6 Å². The van der Waals surface area contributed by atoms with Crippen LogP contribution in [0.25, 0.3) is 0 Å². The summed E-state index contributed by atoms with van der Waals surface area (Å²) in [5.74, 6) is -0.528. The molecular weight excluding hydrogens is 384 g/mol. The lowest BCUT2D eigenvalue weighted by molar-refractivity contribution is -0.136. The number of hydrogen-bond donors (Lipinski definition) is 4. The van der Waals surface area contributed by atoms with Crippen molar-refractivity contribution in [2.24, 2.45) is 5.14 Å². The SMILES string of the molecule is NS(=O)(=O)c1ccc(CCNc2nc(Cl)nc(NCCC(=O)O)n2)cc1. The van der Waals surface area contributed by atoms with Gasteiger partial charge in [-0.3, -0.25) is 4.79 Å². The lowest BCUT2D eigenvalue weighted by Crippen LogP contribution is -2.14. The third-order valence-electron chi connectivity index (χ3n) is 3.18. The van der Waals surface area contributed by atoms with E-state index < -0.39 is 16.0 Å². The second kappa shape index (κ2) is 8.74. The molecule has 0 radical (unpaired) electrons. The summed E-state index contributed by atoms with van der Waals surface area (Å²) in [5.41, 5.74) is 0.893. The fourth-order valence-electron chi connectivity index (χ4n) is 1.95. The van der Waals surface area contributed by atoms with E-state index in [-0.39, 0.29) is 35.0 Å². The van der Waals surface area contributed by atoms with Gasteiger partial charge in [0, 0.05) is 13.1 Å². The van der Waals surface area contributed by atoms with E-state index in [1.165, 1.54) is 12.1 Å². The van der Waals surface area contributed by atoms with E-state index in [1.54, 1.807) is 12.1 Å². The second-order valence-electron chi connectivity index (χ2n) is 5.19. The number of nitrogens with two attached hydrogens (primary N) is 1. The van der Waals surface area contributed by atoms with Gasteiger partial charge in [0.05, 0.1) is 11.3 Å². The van der Waals surface area contributed by atoms with Crippen LogP contribution in [0.5, 0.6) is 0 Å². The highest BCUT2D eigenvalue weighted by Crippen LogP contribution is 2.11. The van der Waals surface area contributed by atoms with Crippen LogP contribution in [0, 0.1) is 0 Å². The van der Waals surface area contributed by atoms with Gasteiger partial charge in [-0.25, -0.2) is 13.6 Å². The van der Waals surface area contributed by atoms with Crippen molar-refractivity contribution < 1.29 is 18.3 Å². The Bertz CT molecular complexity index is 876. The zero-order valence-electron chi connectivity index (χ0n) is 13.5. The molecule has 2 aromatic rings. The molecule has 0 aliphatic carbocycles. The molecule has 0 fully saturated rings. The number of halogens is 1. The minimum absolute atomic E-state index is 0.0298. The highest BCUT2D eigenvalue weighted by molar-refractivity contribution is 7.89. The van der Waals surface area contributed by atoms with Crippen LogP contribution in [0.4, 0.5) is 11.9 Å². The summed E-state index contributed by atoms with van der Waals surface area (Å²) in [6.07, 6.45) is 0.497. The molecule has 1 heterocycles. The van der Waals surface area contributed by atoms with Gasteiger partial charge < -0.3 is 15.7 Å². The van der Waals surface area contributed by atoms with Gasteiger partial charge in [0.15, 0.2) is 0 Å². The van der Waals surface area contributed by atoms with Gasteiger partial charge in [-0.15, -0.1) is 0 Å². The summed E-state index contributed by atoms with van der Waals surface area (Å²) in [4.78, 5) is 22.4. The number of carboxylic acids is 1. The Labute approximate surface area is 154 Å². The van der Waals surface area contributed by atoms with Gasteiger partial charge >= 0.3 is 5.97 Å². The summed E-state index contributed by atoms with van der Waals surface area (Å²) >= 11 is 5.82. The first-order valence-corrected chi connectivity index (χ1v) is 9.39. The van der Waals surface area contributed by atoms with Crippen molar-refractivity contribution in [2.45, 2.75) is 17.7 Å². The molecular formula is C14H17ClN6O4S. The van der Waals surface area contributed by atoms with Gasteiger partial charge in [0.2, 0.25) is 27.2 Å². The van der Waals surface area contributed by atoms with Crippen LogP contribution in [0.3, 0.4) is 0 Å². The molecule has 1 aromatic heterocycles. The maximum absolute atomic E-state index is 11.2. The number of nitrogens with one attached hydrogen (secondary N) is 2. The molecule has 1 aromatic carbocycles. The number of primary sulfonamides is 1. The van der Waals surface area contributed by atoms with E-state index in [0.717, 1.165) is 5.56 Å². The molecule has 0 unspecified atom stereocenters. The number of rotatable bonds is 9. The summed E-state index contributed by atoms with van der Waals surface area (Å²) in [5, 5.41) is 19.4. The molecule has 26 heavy (non-hydrogen) atoms. The van der Waals surface area contributed by atoms with Crippen molar-refractivity contribution in [3.8, 4) is 0 Å². The number of benzene rings is 1. The van der Waals surface area contributed by atoms with Crippen molar-refractivity contribution in [1.82, 2.24) is 15.0 Å². The number of carbonyl (C=O) groups is 1. The van der Waals surface area contributed by atoms with Crippen molar-refractivity contribution in [3.63, 3.8) is 0 Å². The summed E-state index contributed by atoms with van der Waals surface area (Å²) < 4.78 is 22.4. The monoisotopic (exact) mass is 400 g/mol. The maximum atomic E-state index is 11.2. The minimum Gasteiger partial charge on any atom is -0.481 e. The molecule has 0 bridgehead atoms. The average Bonchev–Trinajstić information content (AvgIpc) is 2.54. The van der Waals surface area contributed by atoms with E-state index in [9.17, 15) is 13.2 Å². The molecule has 0 spiro atoms. The van der Waals surface area contributed by atoms with Gasteiger partial charge in [0.25, 0.3) is 0 Å². The van der Waals surface area contributed by atoms with Gasteiger partial charge in [-0.05, 0) is 35.7 Å². The van der Waals surface area contributed by atoms with E-state index in [2.05, 4.69) is 25.6 Å². The first-order valence-electron chi connectivity index (χ1n) is 7.47. The highest BCUT2D eigenvalue weighted by atomic mass is 35.5. The largest absolute Gasteiger partial charge is 0.481 e. The van der Waals surface area contributed by atoms with Crippen LogP contribution < -0.4 is 15.8 Å². The van der Waals surface area contributed by atoms with Gasteiger partial charge in [0.1, 0.15) is 0 Å². The fraction of sp³-hybridized carbons (Fsp3) is 0.286. The molecule has 0 atom stereocenters. The number of carboxylic acid groups (broad SMARTS) is 1. The van der Waals surface area contributed by atoms with Crippen molar-refractivity contribution in [3.05, 3.63) is 35.1 Å². The fourth-order valence-corrected chi connectivity index (χ4v) is 2.63. The molecule has 0 saturated carbocycles. The second-order valence-corrected chi connectivity index (χ2v) is 7.09. The normalized spacial score (nSPS) is 11.2. The first-order chi connectivity index (χ1) is 12.2. The lowest BCUT2D eigenvalue weighted by atomic mass is 10.1. The predicted molar refractivity (Wildman–Crippen MR) is 95.6 cm³/mol. The number of anilines is 2. The Morgan fingerprint density at radius 1 is 1.08 bits per heavy atom. The summed E-state index contributed by atoms with van der Waals surface area (Å²) in [7, 11) is -3.71. The van der Waals surface area contributed by atoms with Crippen molar-refractivity contribution >= 4 is 39.5 Å². The topological polar surface area (TPSA) is 160 Å². The Morgan fingerprint density at radius 3 is 2.19 bits per heavy atom. The first kappa shape index (κ1) is 19.8. The smallest absolute Gasteiger partial charge is 0.305 e. The molecule has 10 nitrogen and oxygen atoms in total. The van der Waals surface area contributed by atoms with Crippen LogP contribution in [-0.2, 0) is 21.2 Å². The number of sulfonamides is 1. The highest BCUT2D eigenvalue weighted by Gasteiger charge is 2.08. The van der Waals surface area contributed by atoms with E-state index in [0.29, 0.717) is 13.0 Å². The van der Waals surface area contributed by atoms with E-state index >= 15 is 0 Å². The maximum Gasteiger partial charge on any atom is 0.305 e. The lowest BCUT2D eigenvalue weighted by Gasteiger charge is -2.08. The van der Waals surface area contributed by atoms with Gasteiger partial charge in [-0.1, -0.05) is 12.1 Å². The van der Waals surface area contributed by atoms with Crippen LogP contribution in [0.2, 0.25) is 5.28 Å². The van der Waals surface area contributed by atoms with E-state index in [4.69, 9.17) is 21.8 Å². The van der Waals surface area contributed by atoms with E-state index in [1.807, 2.05) is 0 Å². The Kier molecular flexibility index (Phi) is 6.66. The molecule has 0 saturated heterocycles. The molecule has 0 aliphatic rings. The minimum atomic E-state index is -3.71. The predicted octanol–water partition coefficient (Wildman–Crippen LogP) is 0.714. The number of aromatic nitrogens is 3. The third-order valence-corrected chi connectivity index (χ3v) is 4.28. The van der Waals surface area contributed by atoms with Crippen LogP contribution in [0.15, 0.2) is 29.2 Å². The molecule has 5 N–H and O–H groups in total. The Hall–Kier alpha value is -2.50. The van der Waals surface area contributed by atoms with Gasteiger partial charge in [-0.2, -0.15) is 15.0 Å². The zero-order chi connectivity index (χ0) is 19.2. The number of aliphatic carboxylic acids is 1. The quantitative estimate of drug-likeness (QED) is 0.475. The molecule has 2 rings (SSSR count). The number of hydrogen-bond acceptors (Lipinski definition) is 8. The van der Waals surface area contributed by atoms with Crippen molar-refractivity contribution in [2.75, 3.05) is 23.7 Å².